The molecule has 0 aromatic heterocycles. The monoisotopic (exact) mass is 382 g/mol. The third-order valence-electron chi connectivity index (χ3n) is 3.78. The molecule has 2 nitrogen and oxygen atoms in total. The van der Waals surface area contributed by atoms with E-state index >= 15 is 0 Å². The van der Waals surface area contributed by atoms with E-state index in [1.807, 2.05) is 12.1 Å². The standard InChI is InChI=1S/C17H14BrF3N2/c18-14-5-1-3-11-4-2-6-15(16(11)14)23-22-13-9-7-12(8-10-13)17(19,20)21/h1,3,5,7-10,22H,2,4,6H2/b23-15+. The maximum absolute atomic E-state index is 12.6. The number of aryl methyl sites for hydroxylation is 1. The number of halogens is 4. The van der Waals surface area contributed by atoms with Crippen LogP contribution >= 0.6 is 15.9 Å². The highest BCUT2D eigenvalue weighted by Crippen LogP contribution is 2.31. The highest BCUT2D eigenvalue weighted by molar-refractivity contribution is 9.10. The molecule has 0 unspecified atom stereocenters. The van der Waals surface area contributed by atoms with Crippen molar-refractivity contribution in [2.24, 2.45) is 5.10 Å². The molecule has 120 valence electrons. The van der Waals surface area contributed by atoms with Crippen molar-refractivity contribution in [2.75, 3.05) is 5.43 Å². The molecule has 0 bridgehead atoms. The summed E-state index contributed by atoms with van der Waals surface area (Å²) < 4.78 is 38.6. The van der Waals surface area contributed by atoms with Crippen LogP contribution in [0.4, 0.5) is 18.9 Å². The Kier molecular flexibility index (Phi) is 4.43. The number of benzene rings is 2. The first kappa shape index (κ1) is 16.1. The Morgan fingerprint density at radius 2 is 1.74 bits per heavy atom. The fraction of sp³-hybridized carbons (Fsp3) is 0.235. The summed E-state index contributed by atoms with van der Waals surface area (Å²) >= 11 is 3.55. The summed E-state index contributed by atoms with van der Waals surface area (Å²) in [6, 6.07) is 10.9. The molecule has 1 N–H and O–H groups in total. The number of hydrogen-bond acceptors (Lipinski definition) is 2. The number of fused-ring (bicyclic) bond motifs is 1. The number of rotatable bonds is 2. The zero-order valence-corrected chi connectivity index (χ0v) is 13.7. The molecular formula is C17H14BrF3N2. The van der Waals surface area contributed by atoms with E-state index in [1.54, 1.807) is 0 Å². The van der Waals surface area contributed by atoms with Gasteiger partial charge in [-0.2, -0.15) is 18.3 Å². The van der Waals surface area contributed by atoms with Crippen LogP contribution in [0.2, 0.25) is 0 Å². The average Bonchev–Trinajstić information content (AvgIpc) is 2.52. The lowest BCUT2D eigenvalue weighted by Crippen LogP contribution is -2.14. The van der Waals surface area contributed by atoms with Gasteiger partial charge in [0.2, 0.25) is 0 Å². The van der Waals surface area contributed by atoms with E-state index in [4.69, 9.17) is 0 Å². The molecule has 0 heterocycles. The van der Waals surface area contributed by atoms with Crippen molar-refractivity contribution in [1.29, 1.82) is 0 Å². The highest BCUT2D eigenvalue weighted by Gasteiger charge is 2.29. The van der Waals surface area contributed by atoms with Gasteiger partial charge in [-0.25, -0.2) is 0 Å². The summed E-state index contributed by atoms with van der Waals surface area (Å²) in [5.74, 6) is 0. The van der Waals surface area contributed by atoms with Gasteiger partial charge in [-0.15, -0.1) is 0 Å². The highest BCUT2D eigenvalue weighted by atomic mass is 79.9. The maximum atomic E-state index is 12.6. The van der Waals surface area contributed by atoms with Gasteiger partial charge in [0.1, 0.15) is 0 Å². The van der Waals surface area contributed by atoms with Crippen LogP contribution in [-0.4, -0.2) is 5.71 Å². The number of nitrogens with zero attached hydrogens (tertiary/aromatic N) is 1. The lowest BCUT2D eigenvalue weighted by molar-refractivity contribution is -0.137. The molecular weight excluding hydrogens is 369 g/mol. The molecule has 6 heteroatoms. The first-order chi connectivity index (χ1) is 10.9. The van der Waals surface area contributed by atoms with E-state index in [9.17, 15) is 13.2 Å². The summed E-state index contributed by atoms with van der Waals surface area (Å²) in [6.45, 7) is 0. The van der Waals surface area contributed by atoms with Gasteiger partial charge in [0.15, 0.2) is 0 Å². The summed E-state index contributed by atoms with van der Waals surface area (Å²) in [5.41, 5.74) is 5.96. The number of hydrogen-bond donors (Lipinski definition) is 1. The van der Waals surface area contributed by atoms with Crippen LogP contribution in [0.5, 0.6) is 0 Å². The topological polar surface area (TPSA) is 24.4 Å². The number of hydrazone groups is 1. The van der Waals surface area contributed by atoms with Gasteiger partial charge in [-0.1, -0.05) is 28.1 Å². The minimum atomic E-state index is -4.32. The average molecular weight is 383 g/mol. The molecule has 2 aromatic carbocycles. The summed E-state index contributed by atoms with van der Waals surface area (Å²) in [5, 5.41) is 4.40. The van der Waals surface area contributed by atoms with Crippen molar-refractivity contribution >= 4 is 27.3 Å². The third kappa shape index (κ3) is 3.58. The Morgan fingerprint density at radius 3 is 2.43 bits per heavy atom. The molecule has 0 saturated carbocycles. The largest absolute Gasteiger partial charge is 0.416 e. The van der Waals surface area contributed by atoms with Gasteiger partial charge in [0.05, 0.1) is 17.0 Å². The van der Waals surface area contributed by atoms with E-state index in [0.29, 0.717) is 5.69 Å². The zero-order valence-electron chi connectivity index (χ0n) is 12.1. The molecule has 0 saturated heterocycles. The minimum absolute atomic E-state index is 0.532. The van der Waals surface area contributed by atoms with Crippen molar-refractivity contribution in [1.82, 2.24) is 0 Å². The Balaban J connectivity index is 1.82. The van der Waals surface area contributed by atoms with Crippen LogP contribution in [0, 0.1) is 0 Å². The molecule has 0 amide bonds. The molecule has 2 aromatic rings. The SMILES string of the molecule is FC(F)(F)c1ccc(N/N=C2\CCCc3cccc(Br)c32)cc1. The minimum Gasteiger partial charge on any atom is -0.278 e. The first-order valence-electron chi connectivity index (χ1n) is 7.23. The molecule has 1 aliphatic rings. The Labute approximate surface area is 140 Å². The fourth-order valence-electron chi connectivity index (χ4n) is 2.65. The van der Waals surface area contributed by atoms with Gasteiger partial charge in [0, 0.05) is 10.0 Å². The van der Waals surface area contributed by atoms with Gasteiger partial charge in [0.25, 0.3) is 0 Å². The number of nitrogens with one attached hydrogen (secondary N) is 1. The van der Waals surface area contributed by atoms with Crippen LogP contribution in [0.15, 0.2) is 52.0 Å². The van der Waals surface area contributed by atoms with Gasteiger partial charge >= 0.3 is 6.18 Å². The first-order valence-corrected chi connectivity index (χ1v) is 8.02. The van der Waals surface area contributed by atoms with E-state index in [2.05, 4.69) is 32.5 Å². The van der Waals surface area contributed by atoms with E-state index < -0.39 is 11.7 Å². The van der Waals surface area contributed by atoms with Crippen molar-refractivity contribution in [3.8, 4) is 0 Å². The van der Waals surface area contributed by atoms with Gasteiger partial charge in [-0.05, 0) is 55.2 Å². The normalized spacial score (nSPS) is 16.3. The third-order valence-corrected chi connectivity index (χ3v) is 4.44. The molecule has 0 radical (unpaired) electrons. The van der Waals surface area contributed by atoms with Gasteiger partial charge in [-0.3, -0.25) is 5.43 Å². The second-order valence-corrected chi connectivity index (χ2v) is 6.23. The molecule has 0 spiro atoms. The lowest BCUT2D eigenvalue weighted by atomic mass is 9.90. The number of anilines is 1. The lowest BCUT2D eigenvalue weighted by Gasteiger charge is -2.19. The molecule has 23 heavy (non-hydrogen) atoms. The Morgan fingerprint density at radius 1 is 1.00 bits per heavy atom. The Hall–Kier alpha value is -1.82. The quantitative estimate of drug-likeness (QED) is 0.669. The van der Waals surface area contributed by atoms with Crippen molar-refractivity contribution < 1.29 is 13.2 Å². The van der Waals surface area contributed by atoms with Crippen molar-refractivity contribution in [3.63, 3.8) is 0 Å². The predicted molar refractivity (Wildman–Crippen MR) is 88.7 cm³/mol. The second-order valence-electron chi connectivity index (χ2n) is 5.37. The van der Waals surface area contributed by atoms with Crippen molar-refractivity contribution in [3.05, 3.63) is 63.6 Å². The fourth-order valence-corrected chi connectivity index (χ4v) is 3.29. The molecule has 1 aliphatic carbocycles. The Bertz CT molecular complexity index is 736. The smallest absolute Gasteiger partial charge is 0.278 e. The van der Waals surface area contributed by atoms with Crippen molar-refractivity contribution in [2.45, 2.75) is 25.4 Å². The second kappa shape index (κ2) is 6.35. The van der Waals surface area contributed by atoms with E-state index in [0.717, 1.165) is 47.1 Å². The van der Waals surface area contributed by atoms with Crippen LogP contribution in [0.3, 0.4) is 0 Å². The summed E-state index contributed by atoms with van der Waals surface area (Å²) in [4.78, 5) is 0. The zero-order chi connectivity index (χ0) is 16.4. The molecule has 0 atom stereocenters. The van der Waals surface area contributed by atoms with Gasteiger partial charge < -0.3 is 0 Å². The van der Waals surface area contributed by atoms with Crippen LogP contribution in [-0.2, 0) is 12.6 Å². The van der Waals surface area contributed by atoms with Crippen LogP contribution in [0.1, 0.15) is 29.5 Å². The molecule has 0 fully saturated rings. The molecule has 3 rings (SSSR count). The van der Waals surface area contributed by atoms with E-state index in [-0.39, 0.29) is 0 Å². The summed E-state index contributed by atoms with van der Waals surface area (Å²) in [7, 11) is 0. The number of alkyl halides is 3. The molecule has 0 aliphatic heterocycles. The van der Waals surface area contributed by atoms with Crippen LogP contribution < -0.4 is 5.43 Å². The predicted octanol–water partition coefficient (Wildman–Crippen LogP) is 5.62. The van der Waals surface area contributed by atoms with Crippen LogP contribution in [0.25, 0.3) is 0 Å². The van der Waals surface area contributed by atoms with E-state index in [1.165, 1.54) is 17.7 Å². The summed E-state index contributed by atoms with van der Waals surface area (Å²) in [6.07, 6.45) is -1.47. The maximum Gasteiger partial charge on any atom is 0.416 e.